The van der Waals surface area contributed by atoms with E-state index in [1.165, 1.54) is 0 Å². The smallest absolute Gasteiger partial charge is 0.234 e. The van der Waals surface area contributed by atoms with Crippen LogP contribution in [0.3, 0.4) is 0 Å². The summed E-state index contributed by atoms with van der Waals surface area (Å²) in [5.41, 5.74) is 1.08. The quantitative estimate of drug-likeness (QED) is 0.815. The number of nitrogens with one attached hydrogen (secondary N) is 1. The lowest BCUT2D eigenvalue weighted by Gasteiger charge is -2.22. The van der Waals surface area contributed by atoms with Crippen LogP contribution in [0.5, 0.6) is 0 Å². The fourth-order valence-corrected chi connectivity index (χ4v) is 3.22. The van der Waals surface area contributed by atoms with Crippen molar-refractivity contribution in [3.8, 4) is 0 Å². The van der Waals surface area contributed by atoms with Crippen molar-refractivity contribution in [2.24, 2.45) is 0 Å². The molecule has 0 radical (unpaired) electrons. The first kappa shape index (κ1) is 17.0. The van der Waals surface area contributed by atoms with Crippen LogP contribution in [-0.4, -0.2) is 42.6 Å². The molecule has 0 aromatic heterocycles. The number of hydrogen-bond acceptors (Lipinski definition) is 3. The molecule has 1 amide bonds. The second kappa shape index (κ2) is 7.84. The van der Waals surface area contributed by atoms with Gasteiger partial charge >= 0.3 is 0 Å². The lowest BCUT2D eigenvalue weighted by atomic mass is 10.2. The van der Waals surface area contributed by atoms with Crippen LogP contribution in [0, 0.1) is 0 Å². The molecule has 1 atom stereocenters. The van der Waals surface area contributed by atoms with Gasteiger partial charge in [0.1, 0.15) is 0 Å². The predicted octanol–water partition coefficient (Wildman–Crippen LogP) is 3.25. The van der Waals surface area contributed by atoms with Crippen molar-refractivity contribution in [1.29, 1.82) is 0 Å². The van der Waals surface area contributed by atoms with E-state index in [9.17, 15) is 4.79 Å². The minimum Gasteiger partial charge on any atom is -0.376 e. The Balaban J connectivity index is 1.51. The summed E-state index contributed by atoms with van der Waals surface area (Å²) in [5, 5.41) is 4.11. The molecule has 1 heterocycles. The van der Waals surface area contributed by atoms with Gasteiger partial charge in [0.05, 0.1) is 22.7 Å². The van der Waals surface area contributed by atoms with Gasteiger partial charge in [-0.3, -0.25) is 9.69 Å². The van der Waals surface area contributed by atoms with Gasteiger partial charge in [0.25, 0.3) is 0 Å². The Kier molecular flexibility index (Phi) is 5.81. The maximum Gasteiger partial charge on any atom is 0.234 e. The van der Waals surface area contributed by atoms with Crippen molar-refractivity contribution in [3.05, 3.63) is 33.8 Å². The van der Waals surface area contributed by atoms with Crippen molar-refractivity contribution in [2.75, 3.05) is 19.7 Å². The van der Waals surface area contributed by atoms with Crippen molar-refractivity contribution < 1.29 is 9.53 Å². The van der Waals surface area contributed by atoms with Crippen molar-refractivity contribution in [3.63, 3.8) is 0 Å². The lowest BCUT2D eigenvalue weighted by Crippen LogP contribution is -2.40. The van der Waals surface area contributed by atoms with Crippen LogP contribution in [0.25, 0.3) is 0 Å². The molecule has 4 nitrogen and oxygen atoms in total. The molecule has 23 heavy (non-hydrogen) atoms. The molecule has 1 aromatic carbocycles. The number of halogens is 2. The maximum atomic E-state index is 12.2. The second-order valence-corrected chi connectivity index (χ2v) is 7.14. The Morgan fingerprint density at radius 3 is 2.74 bits per heavy atom. The van der Waals surface area contributed by atoms with E-state index in [2.05, 4.69) is 10.2 Å². The number of hydrogen-bond donors (Lipinski definition) is 1. The molecule has 1 saturated heterocycles. The Morgan fingerprint density at radius 1 is 1.26 bits per heavy atom. The van der Waals surface area contributed by atoms with Crippen LogP contribution in [0.4, 0.5) is 0 Å². The highest BCUT2D eigenvalue weighted by Gasteiger charge is 2.30. The number of benzene rings is 1. The third-order valence-corrected chi connectivity index (χ3v) is 5.07. The average molecular weight is 357 g/mol. The Labute approximate surface area is 147 Å². The van der Waals surface area contributed by atoms with Gasteiger partial charge < -0.3 is 10.1 Å². The summed E-state index contributed by atoms with van der Waals surface area (Å²) in [6.45, 7) is 2.56. The molecule has 126 valence electrons. The van der Waals surface area contributed by atoms with Gasteiger partial charge in [0.2, 0.25) is 5.91 Å². The molecular formula is C17H22Cl2N2O2. The molecule has 1 saturated carbocycles. The van der Waals surface area contributed by atoms with E-state index < -0.39 is 0 Å². The third-order valence-electron chi connectivity index (χ3n) is 4.33. The zero-order valence-electron chi connectivity index (χ0n) is 13.1. The number of amides is 1. The lowest BCUT2D eigenvalue weighted by molar-refractivity contribution is -0.123. The van der Waals surface area contributed by atoms with E-state index in [4.69, 9.17) is 27.9 Å². The molecule has 1 aliphatic carbocycles. The predicted molar refractivity (Wildman–Crippen MR) is 91.9 cm³/mol. The van der Waals surface area contributed by atoms with E-state index in [1.807, 2.05) is 18.2 Å². The first-order valence-corrected chi connectivity index (χ1v) is 8.93. The summed E-state index contributed by atoms with van der Waals surface area (Å²) < 4.78 is 5.53. The van der Waals surface area contributed by atoms with Gasteiger partial charge in [0.15, 0.2) is 0 Å². The maximum absolute atomic E-state index is 12.2. The van der Waals surface area contributed by atoms with Gasteiger partial charge in [0, 0.05) is 25.7 Å². The molecule has 1 aliphatic heterocycles. The molecule has 1 aromatic rings. The fourth-order valence-electron chi connectivity index (χ4n) is 2.90. The Hall–Kier alpha value is -0.810. The van der Waals surface area contributed by atoms with Crippen LogP contribution in [0.15, 0.2) is 18.2 Å². The minimum atomic E-state index is 0.0625. The third kappa shape index (κ3) is 5.08. The molecule has 2 aliphatic rings. The average Bonchev–Trinajstić information content (AvgIpc) is 3.24. The zero-order valence-corrected chi connectivity index (χ0v) is 14.6. The van der Waals surface area contributed by atoms with Gasteiger partial charge in [-0.1, -0.05) is 29.3 Å². The molecule has 0 bridgehead atoms. The highest BCUT2D eigenvalue weighted by atomic mass is 35.5. The summed E-state index contributed by atoms with van der Waals surface area (Å²) in [5.74, 6) is 0.0625. The first-order valence-electron chi connectivity index (χ1n) is 8.18. The van der Waals surface area contributed by atoms with Crippen LogP contribution in [-0.2, 0) is 16.1 Å². The number of rotatable bonds is 7. The highest BCUT2D eigenvalue weighted by molar-refractivity contribution is 6.42. The van der Waals surface area contributed by atoms with Crippen molar-refractivity contribution >= 4 is 29.1 Å². The van der Waals surface area contributed by atoms with E-state index in [0.29, 0.717) is 29.2 Å². The standard InChI is InChI=1S/C17H22Cl2N2O2/c18-15-6-3-12(8-16(15)19)10-21(13-4-5-13)11-17(22)20-9-14-2-1-7-23-14/h3,6,8,13-14H,1-2,4-5,7,9-11H2,(H,20,22). The molecule has 1 unspecified atom stereocenters. The van der Waals surface area contributed by atoms with Crippen molar-refractivity contribution in [2.45, 2.75) is 44.4 Å². The SMILES string of the molecule is O=C(CN(Cc1ccc(Cl)c(Cl)c1)C1CC1)NCC1CCCO1. The minimum absolute atomic E-state index is 0.0625. The molecular weight excluding hydrogens is 335 g/mol. The molecule has 0 spiro atoms. The van der Waals surface area contributed by atoms with Gasteiger partial charge in [-0.25, -0.2) is 0 Å². The summed E-state index contributed by atoms with van der Waals surface area (Å²) in [6, 6.07) is 6.15. The number of nitrogens with zero attached hydrogens (tertiary/aromatic N) is 1. The Bertz CT molecular complexity index is 558. The monoisotopic (exact) mass is 356 g/mol. The second-order valence-electron chi connectivity index (χ2n) is 6.32. The van der Waals surface area contributed by atoms with E-state index in [1.54, 1.807) is 0 Å². The van der Waals surface area contributed by atoms with E-state index >= 15 is 0 Å². The normalized spacial score (nSPS) is 20.9. The molecule has 3 rings (SSSR count). The summed E-state index contributed by atoms with van der Waals surface area (Å²) in [4.78, 5) is 14.4. The summed E-state index contributed by atoms with van der Waals surface area (Å²) in [7, 11) is 0. The zero-order chi connectivity index (χ0) is 16.2. The first-order chi connectivity index (χ1) is 11.1. The van der Waals surface area contributed by atoms with Crippen molar-refractivity contribution in [1.82, 2.24) is 10.2 Å². The number of carbonyl (C=O) groups excluding carboxylic acids is 1. The van der Waals surface area contributed by atoms with Crippen LogP contribution < -0.4 is 5.32 Å². The van der Waals surface area contributed by atoms with E-state index in [0.717, 1.165) is 44.4 Å². The highest BCUT2D eigenvalue weighted by Crippen LogP contribution is 2.29. The summed E-state index contributed by atoms with van der Waals surface area (Å²) >= 11 is 12.0. The topological polar surface area (TPSA) is 41.6 Å². The summed E-state index contributed by atoms with van der Waals surface area (Å²) in [6.07, 6.45) is 4.62. The Morgan fingerprint density at radius 2 is 2.09 bits per heavy atom. The van der Waals surface area contributed by atoms with E-state index in [-0.39, 0.29) is 12.0 Å². The largest absolute Gasteiger partial charge is 0.376 e. The van der Waals surface area contributed by atoms with Crippen LogP contribution in [0.2, 0.25) is 10.0 Å². The van der Waals surface area contributed by atoms with Gasteiger partial charge in [-0.2, -0.15) is 0 Å². The molecule has 2 fully saturated rings. The van der Waals surface area contributed by atoms with Gasteiger partial charge in [-0.05, 0) is 43.4 Å². The number of carbonyl (C=O) groups is 1. The molecule has 6 heteroatoms. The van der Waals surface area contributed by atoms with Crippen LogP contribution >= 0.6 is 23.2 Å². The van der Waals surface area contributed by atoms with Crippen LogP contribution in [0.1, 0.15) is 31.2 Å². The van der Waals surface area contributed by atoms with Gasteiger partial charge in [-0.15, -0.1) is 0 Å². The number of ether oxygens (including phenoxy) is 1. The molecule has 1 N–H and O–H groups in total. The fraction of sp³-hybridized carbons (Fsp3) is 0.588.